The minimum absolute atomic E-state index is 0.646. The summed E-state index contributed by atoms with van der Waals surface area (Å²) in [5, 5.41) is 4.01. The number of halogens is 1. The Morgan fingerprint density at radius 3 is 2.95 bits per heavy atom. The van der Waals surface area contributed by atoms with Crippen molar-refractivity contribution in [3.05, 3.63) is 35.3 Å². The van der Waals surface area contributed by atoms with Crippen LogP contribution in [0.2, 0.25) is 5.02 Å². The van der Waals surface area contributed by atoms with Gasteiger partial charge in [0.1, 0.15) is 5.75 Å². The largest absolute Gasteiger partial charge is 0.496 e. The summed E-state index contributed by atoms with van der Waals surface area (Å²) in [6.45, 7) is 4.19. The SMILES string of the molecule is CCCNCCCc1ncc(-c2cc(Cl)ccc2OC)o1. The van der Waals surface area contributed by atoms with E-state index in [1.165, 1.54) is 0 Å². The fraction of sp³-hybridized carbons (Fsp3) is 0.438. The second-order valence-electron chi connectivity index (χ2n) is 4.82. The highest BCUT2D eigenvalue weighted by Crippen LogP contribution is 2.32. The molecule has 0 aliphatic carbocycles. The zero-order valence-electron chi connectivity index (χ0n) is 12.5. The van der Waals surface area contributed by atoms with Crippen LogP contribution in [0.5, 0.6) is 5.75 Å². The molecule has 4 nitrogen and oxygen atoms in total. The summed E-state index contributed by atoms with van der Waals surface area (Å²) >= 11 is 6.04. The number of hydrogen-bond acceptors (Lipinski definition) is 4. The molecule has 0 spiro atoms. The van der Waals surface area contributed by atoms with Gasteiger partial charge in [-0.2, -0.15) is 0 Å². The average Bonchev–Trinajstić information content (AvgIpc) is 2.96. The van der Waals surface area contributed by atoms with Crippen LogP contribution in [0.4, 0.5) is 0 Å². The third kappa shape index (κ3) is 4.48. The fourth-order valence-electron chi connectivity index (χ4n) is 2.09. The quantitative estimate of drug-likeness (QED) is 0.750. The van der Waals surface area contributed by atoms with Gasteiger partial charge < -0.3 is 14.5 Å². The molecule has 0 atom stereocenters. The van der Waals surface area contributed by atoms with Gasteiger partial charge in [-0.1, -0.05) is 18.5 Å². The first-order chi connectivity index (χ1) is 10.2. The standard InChI is InChI=1S/C16H21ClN2O2/c1-3-8-18-9-4-5-16-19-11-15(21-16)13-10-12(17)6-7-14(13)20-2/h6-7,10-11,18H,3-5,8-9H2,1-2H3. The lowest BCUT2D eigenvalue weighted by molar-refractivity contribution is 0.413. The van der Waals surface area contributed by atoms with Gasteiger partial charge in [0.25, 0.3) is 0 Å². The number of hydrogen-bond donors (Lipinski definition) is 1. The van der Waals surface area contributed by atoms with Gasteiger partial charge in [0, 0.05) is 11.4 Å². The molecule has 0 bridgehead atoms. The topological polar surface area (TPSA) is 47.3 Å². The highest BCUT2D eigenvalue weighted by molar-refractivity contribution is 6.30. The Kier molecular flexibility index (Phi) is 6.08. The first kappa shape index (κ1) is 15.9. The molecule has 0 saturated carbocycles. The van der Waals surface area contributed by atoms with Gasteiger partial charge in [0.2, 0.25) is 0 Å². The van der Waals surface area contributed by atoms with Gasteiger partial charge in [0.05, 0.1) is 18.9 Å². The molecule has 0 amide bonds. The van der Waals surface area contributed by atoms with Gasteiger partial charge in [-0.05, 0) is 44.1 Å². The molecule has 2 rings (SSSR count). The number of nitrogens with zero attached hydrogens (tertiary/aromatic N) is 1. The highest BCUT2D eigenvalue weighted by Gasteiger charge is 2.12. The smallest absolute Gasteiger partial charge is 0.194 e. The van der Waals surface area contributed by atoms with Crippen LogP contribution in [-0.4, -0.2) is 25.2 Å². The van der Waals surface area contributed by atoms with Crippen molar-refractivity contribution >= 4 is 11.6 Å². The van der Waals surface area contributed by atoms with Crippen molar-refractivity contribution in [2.45, 2.75) is 26.2 Å². The fourth-order valence-corrected chi connectivity index (χ4v) is 2.26. The van der Waals surface area contributed by atoms with Crippen molar-refractivity contribution in [3.8, 4) is 17.1 Å². The molecule has 0 aliphatic rings. The Hall–Kier alpha value is -1.52. The van der Waals surface area contributed by atoms with E-state index in [-0.39, 0.29) is 0 Å². The van der Waals surface area contributed by atoms with Gasteiger partial charge in [0.15, 0.2) is 11.7 Å². The molecule has 114 valence electrons. The number of ether oxygens (including phenoxy) is 1. The van der Waals surface area contributed by atoms with E-state index in [0.717, 1.165) is 49.6 Å². The zero-order chi connectivity index (χ0) is 15.1. The number of nitrogens with one attached hydrogen (secondary N) is 1. The first-order valence-corrected chi connectivity index (χ1v) is 7.61. The maximum Gasteiger partial charge on any atom is 0.194 e. The summed E-state index contributed by atoms with van der Waals surface area (Å²) in [6, 6.07) is 5.45. The summed E-state index contributed by atoms with van der Waals surface area (Å²) in [4.78, 5) is 4.32. The van der Waals surface area contributed by atoms with Crippen LogP contribution in [0, 0.1) is 0 Å². The van der Waals surface area contributed by atoms with E-state index >= 15 is 0 Å². The first-order valence-electron chi connectivity index (χ1n) is 7.24. The van der Waals surface area contributed by atoms with Crippen molar-refractivity contribution < 1.29 is 9.15 Å². The molecule has 1 aromatic carbocycles. The van der Waals surface area contributed by atoms with Crippen LogP contribution in [0.1, 0.15) is 25.7 Å². The predicted octanol–water partition coefficient (Wildman–Crippen LogP) is 3.94. The molecule has 1 aromatic heterocycles. The lowest BCUT2D eigenvalue weighted by Crippen LogP contribution is -2.16. The van der Waals surface area contributed by atoms with E-state index in [0.29, 0.717) is 10.8 Å². The van der Waals surface area contributed by atoms with Crippen LogP contribution >= 0.6 is 11.6 Å². The van der Waals surface area contributed by atoms with Crippen LogP contribution in [0.3, 0.4) is 0 Å². The van der Waals surface area contributed by atoms with Crippen molar-refractivity contribution in [1.29, 1.82) is 0 Å². The number of aryl methyl sites for hydroxylation is 1. The molecule has 0 saturated heterocycles. The Labute approximate surface area is 130 Å². The van der Waals surface area contributed by atoms with Crippen molar-refractivity contribution in [3.63, 3.8) is 0 Å². The van der Waals surface area contributed by atoms with E-state index in [9.17, 15) is 0 Å². The van der Waals surface area contributed by atoms with Crippen LogP contribution in [0.25, 0.3) is 11.3 Å². The number of oxazole rings is 1. The van der Waals surface area contributed by atoms with E-state index < -0.39 is 0 Å². The summed E-state index contributed by atoms with van der Waals surface area (Å²) in [5.74, 6) is 2.16. The van der Waals surface area contributed by atoms with Crippen molar-refractivity contribution in [2.24, 2.45) is 0 Å². The van der Waals surface area contributed by atoms with Gasteiger partial charge in [-0.15, -0.1) is 0 Å². The van der Waals surface area contributed by atoms with E-state index in [1.807, 2.05) is 12.1 Å². The predicted molar refractivity (Wildman–Crippen MR) is 85.0 cm³/mol. The summed E-state index contributed by atoms with van der Waals surface area (Å²) in [7, 11) is 1.63. The van der Waals surface area contributed by atoms with Gasteiger partial charge in [-0.25, -0.2) is 4.98 Å². The van der Waals surface area contributed by atoms with Crippen LogP contribution in [-0.2, 0) is 6.42 Å². The number of methoxy groups -OCH3 is 1. The maximum atomic E-state index is 6.04. The zero-order valence-corrected chi connectivity index (χ0v) is 13.2. The van der Waals surface area contributed by atoms with E-state index in [2.05, 4.69) is 17.2 Å². The maximum absolute atomic E-state index is 6.04. The van der Waals surface area contributed by atoms with Crippen molar-refractivity contribution in [2.75, 3.05) is 20.2 Å². The third-order valence-corrected chi connectivity index (χ3v) is 3.39. The van der Waals surface area contributed by atoms with Gasteiger partial charge in [-0.3, -0.25) is 0 Å². The highest BCUT2D eigenvalue weighted by atomic mass is 35.5. The minimum Gasteiger partial charge on any atom is -0.496 e. The van der Waals surface area contributed by atoms with E-state index in [1.54, 1.807) is 19.4 Å². The van der Waals surface area contributed by atoms with Crippen LogP contribution in [0.15, 0.2) is 28.8 Å². The van der Waals surface area contributed by atoms with Crippen LogP contribution < -0.4 is 10.1 Å². The molecule has 0 unspecified atom stereocenters. The molecule has 1 heterocycles. The Bertz CT molecular complexity index is 569. The molecular formula is C16H21ClN2O2. The molecule has 0 aliphatic heterocycles. The molecule has 0 fully saturated rings. The summed E-state index contributed by atoms with van der Waals surface area (Å²) in [5.41, 5.74) is 0.827. The Balaban J connectivity index is 2.01. The summed E-state index contributed by atoms with van der Waals surface area (Å²) in [6.07, 6.45) is 4.70. The Morgan fingerprint density at radius 2 is 2.19 bits per heavy atom. The third-order valence-electron chi connectivity index (χ3n) is 3.15. The number of aromatic nitrogens is 1. The Morgan fingerprint density at radius 1 is 1.33 bits per heavy atom. The second kappa shape index (κ2) is 8.05. The lowest BCUT2D eigenvalue weighted by Gasteiger charge is -2.05. The van der Waals surface area contributed by atoms with Crippen molar-refractivity contribution in [1.82, 2.24) is 10.3 Å². The lowest BCUT2D eigenvalue weighted by atomic mass is 10.1. The van der Waals surface area contributed by atoms with E-state index in [4.69, 9.17) is 20.8 Å². The normalized spacial score (nSPS) is 10.8. The molecule has 5 heteroatoms. The molecule has 1 N–H and O–H groups in total. The molecule has 21 heavy (non-hydrogen) atoms. The average molecular weight is 309 g/mol. The molecular weight excluding hydrogens is 288 g/mol. The summed E-state index contributed by atoms with van der Waals surface area (Å²) < 4.78 is 11.1. The minimum atomic E-state index is 0.646. The number of rotatable bonds is 8. The molecule has 2 aromatic rings. The molecule has 0 radical (unpaired) electrons. The van der Waals surface area contributed by atoms with Gasteiger partial charge >= 0.3 is 0 Å². The monoisotopic (exact) mass is 308 g/mol. The second-order valence-corrected chi connectivity index (χ2v) is 5.25. The number of benzene rings is 1.